The summed E-state index contributed by atoms with van der Waals surface area (Å²) in [6, 6.07) is 24.5. The van der Waals surface area contributed by atoms with Crippen molar-refractivity contribution in [2.24, 2.45) is 0 Å². The third kappa shape index (κ3) is 4.39. The van der Waals surface area contributed by atoms with Gasteiger partial charge in [0.1, 0.15) is 6.07 Å². The van der Waals surface area contributed by atoms with Gasteiger partial charge in [-0.2, -0.15) is 5.26 Å². The van der Waals surface area contributed by atoms with Gasteiger partial charge in [-0.25, -0.2) is 0 Å². The number of thioether (sulfide) groups is 1. The van der Waals surface area contributed by atoms with Gasteiger partial charge in [0, 0.05) is 11.4 Å². The maximum atomic E-state index is 10.4. The number of aryl methyl sites for hydroxylation is 5. The van der Waals surface area contributed by atoms with Crippen LogP contribution in [0.5, 0.6) is 0 Å². The summed E-state index contributed by atoms with van der Waals surface area (Å²) >= 11 is 1.78. The first-order valence-electron chi connectivity index (χ1n) is 12.1. The number of nitriles is 1. The number of benzene rings is 3. The Balaban J connectivity index is 1.58. The summed E-state index contributed by atoms with van der Waals surface area (Å²) in [4.78, 5) is 7.16. The summed E-state index contributed by atoms with van der Waals surface area (Å²) in [5.74, 6) is 0.837. The monoisotopic (exact) mass is 480 g/mol. The number of hydrogen-bond acceptors (Lipinski definition) is 5. The normalized spacial score (nSPS) is 17.9. The lowest BCUT2D eigenvalue weighted by atomic mass is 9.95. The summed E-state index contributed by atoms with van der Waals surface area (Å²) < 4.78 is 0. The highest BCUT2D eigenvalue weighted by Crippen LogP contribution is 2.45. The van der Waals surface area contributed by atoms with Gasteiger partial charge in [0.05, 0.1) is 35.9 Å². The number of fused-ring (bicyclic) bond motifs is 1. The molecule has 2 heterocycles. The van der Waals surface area contributed by atoms with Crippen LogP contribution < -0.4 is 9.80 Å². The van der Waals surface area contributed by atoms with Crippen molar-refractivity contribution in [3.05, 3.63) is 105 Å². The zero-order valence-electron chi connectivity index (χ0n) is 21.2. The number of rotatable bonds is 3. The molecule has 178 valence electrons. The van der Waals surface area contributed by atoms with Crippen molar-refractivity contribution in [3.8, 4) is 6.07 Å². The van der Waals surface area contributed by atoms with E-state index in [0.29, 0.717) is 0 Å². The Morgan fingerprint density at radius 2 is 1.37 bits per heavy atom. The van der Waals surface area contributed by atoms with Crippen molar-refractivity contribution in [2.45, 2.75) is 40.7 Å². The van der Waals surface area contributed by atoms with Gasteiger partial charge < -0.3 is 14.7 Å². The number of anilines is 2. The van der Waals surface area contributed by atoms with E-state index in [9.17, 15) is 5.26 Å². The van der Waals surface area contributed by atoms with Crippen LogP contribution in [0.2, 0.25) is 0 Å². The fourth-order valence-corrected chi connectivity index (χ4v) is 5.97. The molecule has 1 fully saturated rings. The van der Waals surface area contributed by atoms with Crippen LogP contribution in [0.1, 0.15) is 39.4 Å². The van der Waals surface area contributed by atoms with Gasteiger partial charge in [-0.05, 0) is 86.7 Å². The van der Waals surface area contributed by atoms with Crippen molar-refractivity contribution in [1.29, 1.82) is 5.26 Å². The number of hydrogen-bond donors (Lipinski definition) is 0. The van der Waals surface area contributed by atoms with Gasteiger partial charge in [0.2, 0.25) is 0 Å². The zero-order valence-corrected chi connectivity index (χ0v) is 22.0. The summed E-state index contributed by atoms with van der Waals surface area (Å²) in [7, 11) is 0. The molecule has 3 aromatic rings. The first-order chi connectivity index (χ1) is 16.9. The lowest BCUT2D eigenvalue weighted by molar-refractivity contribution is 0.326. The lowest BCUT2D eigenvalue weighted by Crippen LogP contribution is -2.51. The minimum Gasteiger partial charge on any atom is -0.344 e. The highest BCUT2D eigenvalue weighted by atomic mass is 32.2. The van der Waals surface area contributed by atoms with Crippen molar-refractivity contribution in [2.75, 3.05) is 29.0 Å². The first kappa shape index (κ1) is 23.4. The van der Waals surface area contributed by atoms with E-state index < -0.39 is 0 Å². The van der Waals surface area contributed by atoms with Gasteiger partial charge in [0.15, 0.2) is 0 Å². The predicted molar refractivity (Wildman–Crippen MR) is 147 cm³/mol. The lowest BCUT2D eigenvalue weighted by Gasteiger charge is -2.49. The quantitative estimate of drug-likeness (QED) is 0.405. The Labute approximate surface area is 213 Å². The Morgan fingerprint density at radius 1 is 0.743 bits per heavy atom. The van der Waals surface area contributed by atoms with E-state index >= 15 is 0 Å². The molecule has 0 bridgehead atoms. The third-order valence-corrected chi connectivity index (χ3v) is 8.51. The van der Waals surface area contributed by atoms with Crippen molar-refractivity contribution >= 4 is 23.1 Å². The standard InChI is InChI=1S/C30H32N4S/c1-20-6-10-25(11-7-20)29-28(16-31)30-32(18-34(29)27-13-9-22(3)24(5)15-27)17-33(19-35-30)26-12-8-21(2)23(4)14-26/h6-15,29H,17-19H2,1-5H3. The molecule has 0 radical (unpaired) electrons. The molecular weight excluding hydrogens is 448 g/mol. The highest BCUT2D eigenvalue weighted by Gasteiger charge is 2.38. The Kier molecular flexibility index (Phi) is 6.25. The van der Waals surface area contributed by atoms with Gasteiger partial charge in [-0.1, -0.05) is 53.7 Å². The zero-order chi connectivity index (χ0) is 24.7. The third-order valence-electron chi connectivity index (χ3n) is 7.32. The molecule has 1 atom stereocenters. The minimum absolute atomic E-state index is 0.102. The molecule has 5 heteroatoms. The molecule has 4 nitrogen and oxygen atoms in total. The SMILES string of the molecule is Cc1ccc(C2C(C#N)=C3SCN(c4ccc(C)c(C)c4)CN3CN2c2ccc(C)c(C)c2)cc1. The van der Waals surface area contributed by atoms with Crippen LogP contribution in [-0.2, 0) is 0 Å². The molecular formula is C30H32N4S. The second kappa shape index (κ2) is 9.36. The van der Waals surface area contributed by atoms with E-state index in [1.54, 1.807) is 11.8 Å². The van der Waals surface area contributed by atoms with E-state index in [0.717, 1.165) is 41.1 Å². The summed E-state index contributed by atoms with van der Waals surface area (Å²) in [6.45, 7) is 12.2. The molecule has 2 aliphatic rings. The van der Waals surface area contributed by atoms with Gasteiger partial charge in [-0.3, -0.25) is 0 Å². The Bertz CT molecular complexity index is 1340. The summed E-state index contributed by atoms with van der Waals surface area (Å²) in [5.41, 5.74) is 10.8. The molecule has 0 spiro atoms. The van der Waals surface area contributed by atoms with Gasteiger partial charge in [-0.15, -0.1) is 0 Å². The Morgan fingerprint density at radius 3 is 2.00 bits per heavy atom. The van der Waals surface area contributed by atoms with Gasteiger partial charge in [0.25, 0.3) is 0 Å². The summed E-state index contributed by atoms with van der Waals surface area (Å²) in [6.07, 6.45) is 0. The van der Waals surface area contributed by atoms with E-state index in [1.807, 2.05) is 0 Å². The van der Waals surface area contributed by atoms with Crippen LogP contribution in [0.4, 0.5) is 11.4 Å². The molecule has 2 aliphatic heterocycles. The average molecular weight is 481 g/mol. The van der Waals surface area contributed by atoms with Crippen molar-refractivity contribution < 1.29 is 0 Å². The van der Waals surface area contributed by atoms with Crippen LogP contribution in [0, 0.1) is 45.9 Å². The molecule has 1 saturated heterocycles. The molecule has 1 unspecified atom stereocenters. The van der Waals surface area contributed by atoms with Crippen molar-refractivity contribution in [3.63, 3.8) is 0 Å². The largest absolute Gasteiger partial charge is 0.344 e. The topological polar surface area (TPSA) is 33.5 Å². The van der Waals surface area contributed by atoms with Crippen LogP contribution in [0.15, 0.2) is 71.3 Å². The van der Waals surface area contributed by atoms with Crippen LogP contribution in [0.3, 0.4) is 0 Å². The minimum atomic E-state index is -0.102. The second-order valence-corrected chi connectivity index (χ2v) is 10.7. The average Bonchev–Trinajstić information content (AvgIpc) is 2.86. The molecule has 0 aliphatic carbocycles. The van der Waals surface area contributed by atoms with Crippen LogP contribution in [-0.4, -0.2) is 24.1 Å². The molecule has 0 N–H and O–H groups in total. The highest BCUT2D eigenvalue weighted by molar-refractivity contribution is 8.03. The molecule has 0 amide bonds. The summed E-state index contributed by atoms with van der Waals surface area (Å²) in [5, 5.41) is 11.6. The molecule has 3 aromatic carbocycles. The molecule has 0 aromatic heterocycles. The van der Waals surface area contributed by atoms with Crippen LogP contribution in [0.25, 0.3) is 0 Å². The second-order valence-electron chi connectivity index (χ2n) is 9.79. The van der Waals surface area contributed by atoms with E-state index in [2.05, 4.69) is 116 Å². The Hall–Kier alpha value is -3.36. The fourth-order valence-electron chi connectivity index (χ4n) is 4.85. The fraction of sp³-hybridized carbons (Fsp3) is 0.300. The first-order valence-corrected chi connectivity index (χ1v) is 13.1. The van der Waals surface area contributed by atoms with E-state index in [1.165, 1.54) is 33.5 Å². The predicted octanol–water partition coefficient (Wildman–Crippen LogP) is 6.95. The van der Waals surface area contributed by atoms with E-state index in [-0.39, 0.29) is 6.04 Å². The molecule has 35 heavy (non-hydrogen) atoms. The number of nitrogens with zero attached hydrogens (tertiary/aromatic N) is 4. The molecule has 5 rings (SSSR count). The van der Waals surface area contributed by atoms with Crippen LogP contribution >= 0.6 is 11.8 Å². The maximum absolute atomic E-state index is 10.4. The van der Waals surface area contributed by atoms with Crippen molar-refractivity contribution in [1.82, 2.24) is 4.90 Å². The van der Waals surface area contributed by atoms with E-state index in [4.69, 9.17) is 0 Å². The molecule has 0 saturated carbocycles. The van der Waals surface area contributed by atoms with Gasteiger partial charge >= 0.3 is 0 Å². The maximum Gasteiger partial charge on any atom is 0.100 e. The smallest absolute Gasteiger partial charge is 0.100 e.